The van der Waals surface area contributed by atoms with E-state index in [9.17, 15) is 19.1 Å². The van der Waals surface area contributed by atoms with Crippen LogP contribution in [0.2, 0.25) is 0 Å². The molecule has 2 aliphatic heterocycles. The maximum atomic E-state index is 14.6. The molecule has 2 aromatic heterocycles. The lowest BCUT2D eigenvalue weighted by Gasteiger charge is -2.22. The Morgan fingerprint density at radius 1 is 1.07 bits per heavy atom. The zero-order valence-corrected chi connectivity index (χ0v) is 26.2. The predicted molar refractivity (Wildman–Crippen MR) is 165 cm³/mol. The molecule has 1 aliphatic carbocycles. The van der Waals surface area contributed by atoms with Crippen LogP contribution in [0.3, 0.4) is 0 Å². The van der Waals surface area contributed by atoms with Gasteiger partial charge in [-0.15, -0.1) is 11.8 Å². The molecule has 0 radical (unpaired) electrons. The molecular weight excluding hydrogens is 549 g/mol. The molecule has 0 bridgehead atoms. The number of ether oxygens (including phenoxy) is 1. The number of benzene rings is 1. The Kier molecular flexibility index (Phi) is 11.2. The first kappa shape index (κ1) is 32.1. The van der Waals surface area contributed by atoms with E-state index in [0.717, 1.165) is 41.3 Å². The smallest absolute Gasteiger partial charge is 0.322 e. The second-order valence-corrected chi connectivity index (χ2v) is 11.4. The molecule has 2 unspecified atom stereocenters. The lowest BCUT2D eigenvalue weighted by Crippen LogP contribution is -2.27. The summed E-state index contributed by atoms with van der Waals surface area (Å²) in [5.74, 6) is -0.794. The first-order valence-corrected chi connectivity index (χ1v) is 16.4. The molecule has 3 aromatic rings. The number of aliphatic hydroxyl groups excluding tert-OH is 1. The van der Waals surface area contributed by atoms with Gasteiger partial charge in [0.05, 0.1) is 29.0 Å². The maximum absolute atomic E-state index is 14.6. The molecule has 0 amide bonds. The number of carbonyl (C=O) groups excluding carboxylic acids is 1. The van der Waals surface area contributed by atoms with E-state index >= 15 is 0 Å². The van der Waals surface area contributed by atoms with Crippen LogP contribution in [0.5, 0.6) is 0 Å². The third-order valence-corrected chi connectivity index (χ3v) is 8.07. The van der Waals surface area contributed by atoms with Crippen molar-refractivity contribution in [3.63, 3.8) is 0 Å². The van der Waals surface area contributed by atoms with Crippen LogP contribution >= 0.6 is 23.5 Å². The van der Waals surface area contributed by atoms with Crippen LogP contribution in [0.25, 0.3) is 22.3 Å². The Morgan fingerprint density at radius 3 is 2.33 bits per heavy atom. The normalized spacial score (nSPS) is 17.9. The van der Waals surface area contributed by atoms with Gasteiger partial charge < -0.3 is 19.7 Å². The van der Waals surface area contributed by atoms with E-state index in [1.165, 1.54) is 17.8 Å². The Morgan fingerprint density at radius 2 is 1.70 bits per heavy atom. The van der Waals surface area contributed by atoms with Gasteiger partial charge in [0.25, 0.3) is 5.56 Å². The minimum atomic E-state index is -1.15. The molecule has 1 aromatic carbocycles. The summed E-state index contributed by atoms with van der Waals surface area (Å²) in [6.07, 6.45) is 7.26. The Hall–Kier alpha value is -2.40. The summed E-state index contributed by atoms with van der Waals surface area (Å²) >= 11 is 2.94. The number of thioether (sulfide) groups is 2. The van der Waals surface area contributed by atoms with Crippen molar-refractivity contribution in [1.29, 1.82) is 0 Å². The number of nitrogens with zero attached hydrogens (tertiary/aromatic N) is 2. The van der Waals surface area contributed by atoms with Crippen LogP contribution in [0.4, 0.5) is 4.39 Å². The second kappa shape index (κ2) is 14.0. The van der Waals surface area contributed by atoms with Gasteiger partial charge >= 0.3 is 5.97 Å². The van der Waals surface area contributed by atoms with Crippen molar-refractivity contribution in [3.05, 3.63) is 61.7 Å². The standard InChI is InChI=1S/C24H21FN2O4S.C2H7N.C2H6S.C2H6/c1-10-11-4-3-5-12-14-8-27-18(20(14)26-17(19(11)12)7-16(10)25)6-13-15(23(27)29)9-31-24(30)22(32-2)21(13)28;2*1-3-2;1-2/h6-7,21-22,28H,3-5,8-9H2,1-2H3;3H,1-2H3;1-2H3;1-2H3. The Balaban J connectivity index is 0.000000500. The van der Waals surface area contributed by atoms with E-state index < -0.39 is 17.3 Å². The molecule has 7 nitrogen and oxygen atoms in total. The number of hydrogen-bond donors (Lipinski definition) is 2. The first-order valence-electron chi connectivity index (χ1n) is 13.5. The molecule has 3 aliphatic rings. The lowest BCUT2D eigenvalue weighted by atomic mass is 9.85. The van der Waals surface area contributed by atoms with E-state index in [0.29, 0.717) is 40.1 Å². The van der Waals surface area contributed by atoms with Crippen LogP contribution in [0.1, 0.15) is 59.8 Å². The van der Waals surface area contributed by atoms with Crippen LogP contribution in [-0.4, -0.2) is 58.7 Å². The second-order valence-electron chi connectivity index (χ2n) is 9.60. The van der Waals surface area contributed by atoms with Crippen molar-refractivity contribution in [2.45, 2.75) is 64.5 Å². The van der Waals surface area contributed by atoms with E-state index in [1.807, 2.05) is 47.4 Å². The number of halogens is 1. The van der Waals surface area contributed by atoms with E-state index in [4.69, 9.17) is 9.72 Å². The summed E-state index contributed by atoms with van der Waals surface area (Å²) in [5, 5.41) is 13.9. The maximum Gasteiger partial charge on any atom is 0.322 e. The molecule has 0 saturated carbocycles. The van der Waals surface area contributed by atoms with Gasteiger partial charge in [-0.1, -0.05) is 13.8 Å². The van der Waals surface area contributed by atoms with Crippen LogP contribution in [0.15, 0.2) is 16.9 Å². The molecule has 2 atom stereocenters. The van der Waals surface area contributed by atoms with Gasteiger partial charge in [0, 0.05) is 17.0 Å². The topological polar surface area (TPSA) is 93.5 Å². The zero-order valence-electron chi connectivity index (χ0n) is 24.6. The van der Waals surface area contributed by atoms with Crippen molar-refractivity contribution in [2.75, 3.05) is 32.9 Å². The largest absolute Gasteiger partial charge is 0.460 e. The van der Waals surface area contributed by atoms with E-state index in [2.05, 4.69) is 5.32 Å². The minimum absolute atomic E-state index is 0.158. The van der Waals surface area contributed by atoms with Crippen molar-refractivity contribution in [2.24, 2.45) is 0 Å². The van der Waals surface area contributed by atoms with Crippen LogP contribution < -0.4 is 10.9 Å². The molecule has 6 rings (SSSR count). The van der Waals surface area contributed by atoms with Crippen molar-refractivity contribution in [3.8, 4) is 11.4 Å². The van der Waals surface area contributed by atoms with Crippen LogP contribution in [0, 0.1) is 12.7 Å². The monoisotopic (exact) mass is 589 g/mol. The van der Waals surface area contributed by atoms with Crippen molar-refractivity contribution < 1.29 is 19.0 Å². The number of hydrogen-bond acceptors (Lipinski definition) is 8. The molecule has 2 N–H and O–H groups in total. The number of rotatable bonds is 1. The molecule has 4 heterocycles. The van der Waals surface area contributed by atoms with E-state index in [-0.39, 0.29) is 18.0 Å². The van der Waals surface area contributed by atoms with Crippen molar-refractivity contribution >= 4 is 40.4 Å². The fourth-order valence-corrected chi connectivity index (χ4v) is 6.14. The highest BCUT2D eigenvalue weighted by Gasteiger charge is 2.37. The summed E-state index contributed by atoms with van der Waals surface area (Å²) in [7, 11) is 3.75. The van der Waals surface area contributed by atoms with Gasteiger partial charge in [-0.05, 0) is 87.4 Å². The number of carbonyl (C=O) groups is 1. The fraction of sp³-hybridized carbons (Fsp3) is 0.500. The third-order valence-electron chi connectivity index (χ3n) is 7.11. The van der Waals surface area contributed by atoms with Gasteiger partial charge in [-0.2, -0.15) is 11.8 Å². The lowest BCUT2D eigenvalue weighted by molar-refractivity contribution is -0.145. The van der Waals surface area contributed by atoms with Gasteiger partial charge in [0.1, 0.15) is 23.8 Å². The summed E-state index contributed by atoms with van der Waals surface area (Å²) in [6.45, 7) is 6.03. The number of pyridine rings is 2. The number of aliphatic hydroxyl groups is 1. The number of aromatic nitrogens is 2. The molecule has 0 fully saturated rings. The van der Waals surface area contributed by atoms with Crippen molar-refractivity contribution in [1.82, 2.24) is 14.9 Å². The third kappa shape index (κ3) is 5.68. The highest BCUT2D eigenvalue weighted by atomic mass is 32.2. The highest BCUT2D eigenvalue weighted by molar-refractivity contribution is 8.00. The van der Waals surface area contributed by atoms with E-state index in [1.54, 1.807) is 28.7 Å². The van der Waals surface area contributed by atoms with Gasteiger partial charge in [0.2, 0.25) is 0 Å². The summed E-state index contributed by atoms with van der Waals surface area (Å²) in [5.41, 5.74) is 6.12. The fourth-order valence-electron chi connectivity index (χ4n) is 5.48. The average molecular weight is 590 g/mol. The number of cyclic esters (lactones) is 1. The van der Waals surface area contributed by atoms with Gasteiger partial charge in [-0.3, -0.25) is 9.59 Å². The molecular formula is C30H40FN3O4S2. The van der Waals surface area contributed by atoms with Gasteiger partial charge in [-0.25, -0.2) is 9.37 Å². The number of nitrogens with one attached hydrogen (secondary N) is 1. The zero-order chi connectivity index (χ0) is 29.7. The molecule has 40 heavy (non-hydrogen) atoms. The molecule has 0 spiro atoms. The number of fused-ring (bicyclic) bond motifs is 5. The highest BCUT2D eigenvalue weighted by Crippen LogP contribution is 2.42. The number of esters is 1. The predicted octanol–water partition coefficient (Wildman–Crippen LogP) is 5.02. The Labute approximate surface area is 244 Å². The first-order chi connectivity index (χ1) is 19.2. The minimum Gasteiger partial charge on any atom is -0.460 e. The summed E-state index contributed by atoms with van der Waals surface area (Å²) in [4.78, 5) is 30.5. The summed E-state index contributed by atoms with van der Waals surface area (Å²) in [6, 6.07) is 3.25. The average Bonchev–Trinajstić information content (AvgIpc) is 3.26. The summed E-state index contributed by atoms with van der Waals surface area (Å²) < 4.78 is 21.6. The van der Waals surface area contributed by atoms with Crippen LogP contribution in [-0.2, 0) is 35.5 Å². The SMILES string of the molecule is CC.CNC.CSC.CSC1C(=O)OCc2c(cc3n(c2=O)Cc2c-3nc3cc(F)c(C)c4c3c2CCC4)C1O. The molecule has 218 valence electrons. The molecule has 0 saturated heterocycles. The number of aryl methyl sites for hydroxylation is 2. The van der Waals surface area contributed by atoms with Gasteiger partial charge in [0.15, 0.2) is 0 Å². The quantitative estimate of drug-likeness (QED) is 0.299. The Bertz CT molecular complexity index is 1460. The molecule has 10 heteroatoms.